The molecule has 0 aromatic heterocycles. The molecule has 0 heterocycles. The predicted molar refractivity (Wildman–Crippen MR) is 73.9 cm³/mol. The van der Waals surface area contributed by atoms with Crippen LogP contribution in [-0.2, 0) is 6.61 Å². The van der Waals surface area contributed by atoms with Gasteiger partial charge in [-0.15, -0.1) is 0 Å². The molecular weight excluding hydrogens is 224 g/mol. The molecule has 2 rings (SSSR count). The molecule has 2 heteroatoms. The van der Waals surface area contributed by atoms with Crippen LogP contribution in [0.4, 0.5) is 0 Å². The monoisotopic (exact) mass is 240 g/mol. The number of benzene rings is 2. The van der Waals surface area contributed by atoms with Gasteiger partial charge in [0.2, 0.25) is 0 Å². The Morgan fingerprint density at radius 3 is 2.50 bits per heavy atom. The summed E-state index contributed by atoms with van der Waals surface area (Å²) in [6.45, 7) is 4.25. The van der Waals surface area contributed by atoms with Crippen LogP contribution < -0.4 is 9.47 Å². The van der Waals surface area contributed by atoms with Crippen molar-refractivity contribution >= 4 is 6.08 Å². The van der Waals surface area contributed by atoms with Gasteiger partial charge in [0.05, 0.1) is 7.11 Å². The smallest absolute Gasteiger partial charge is 0.119 e. The van der Waals surface area contributed by atoms with Gasteiger partial charge in [0.15, 0.2) is 0 Å². The molecule has 2 nitrogen and oxygen atoms in total. The first-order valence-electron chi connectivity index (χ1n) is 5.80. The lowest BCUT2D eigenvalue weighted by Gasteiger charge is -2.07. The Morgan fingerprint density at radius 1 is 1.06 bits per heavy atom. The van der Waals surface area contributed by atoms with Crippen molar-refractivity contribution in [3.63, 3.8) is 0 Å². The summed E-state index contributed by atoms with van der Waals surface area (Å²) < 4.78 is 10.9. The van der Waals surface area contributed by atoms with E-state index >= 15 is 0 Å². The van der Waals surface area contributed by atoms with Crippen LogP contribution in [0, 0.1) is 0 Å². The predicted octanol–water partition coefficient (Wildman–Crippen LogP) is 3.92. The minimum atomic E-state index is 0.532. The van der Waals surface area contributed by atoms with E-state index in [1.54, 1.807) is 7.11 Å². The van der Waals surface area contributed by atoms with Crippen molar-refractivity contribution in [3.05, 3.63) is 66.2 Å². The summed E-state index contributed by atoms with van der Waals surface area (Å²) in [6.07, 6.45) is 1.81. The molecule has 0 fully saturated rings. The van der Waals surface area contributed by atoms with Gasteiger partial charge in [0.1, 0.15) is 18.1 Å². The molecular formula is C16H16O2. The van der Waals surface area contributed by atoms with Crippen molar-refractivity contribution < 1.29 is 9.47 Å². The average molecular weight is 240 g/mol. The third kappa shape index (κ3) is 3.14. The summed E-state index contributed by atoms with van der Waals surface area (Å²) >= 11 is 0. The normalized spacial score (nSPS) is 9.83. The van der Waals surface area contributed by atoms with Gasteiger partial charge in [0.25, 0.3) is 0 Å². The van der Waals surface area contributed by atoms with Crippen LogP contribution in [0.1, 0.15) is 11.1 Å². The Morgan fingerprint density at radius 2 is 1.83 bits per heavy atom. The molecule has 2 aromatic rings. The zero-order valence-corrected chi connectivity index (χ0v) is 10.4. The summed E-state index contributed by atoms with van der Waals surface area (Å²) in [6, 6.07) is 15.7. The molecule has 0 aliphatic carbocycles. The average Bonchev–Trinajstić information content (AvgIpc) is 2.46. The fraction of sp³-hybridized carbons (Fsp3) is 0.125. The topological polar surface area (TPSA) is 18.5 Å². The zero-order valence-electron chi connectivity index (χ0n) is 10.4. The number of hydrogen-bond acceptors (Lipinski definition) is 2. The highest BCUT2D eigenvalue weighted by molar-refractivity contribution is 5.48. The maximum atomic E-state index is 5.70. The fourth-order valence-electron chi connectivity index (χ4n) is 1.63. The highest BCUT2D eigenvalue weighted by Gasteiger charge is 1.98. The fourth-order valence-corrected chi connectivity index (χ4v) is 1.63. The maximum Gasteiger partial charge on any atom is 0.119 e. The molecule has 0 saturated carbocycles. The molecule has 92 valence electrons. The molecule has 0 spiro atoms. The van der Waals surface area contributed by atoms with E-state index in [1.807, 2.05) is 54.6 Å². The van der Waals surface area contributed by atoms with E-state index in [1.165, 1.54) is 0 Å². The van der Waals surface area contributed by atoms with Crippen molar-refractivity contribution in [2.75, 3.05) is 7.11 Å². The first-order chi connectivity index (χ1) is 8.81. The third-order valence-corrected chi connectivity index (χ3v) is 2.66. The molecule has 0 atom stereocenters. The third-order valence-electron chi connectivity index (χ3n) is 2.66. The molecule has 0 aliphatic rings. The Bertz CT molecular complexity index is 515. The second kappa shape index (κ2) is 5.92. The molecule has 0 N–H and O–H groups in total. The molecule has 0 radical (unpaired) electrons. The van der Waals surface area contributed by atoms with Crippen LogP contribution in [0.5, 0.6) is 11.5 Å². The van der Waals surface area contributed by atoms with E-state index in [0.717, 1.165) is 22.6 Å². The summed E-state index contributed by atoms with van der Waals surface area (Å²) in [4.78, 5) is 0. The van der Waals surface area contributed by atoms with E-state index in [2.05, 4.69) is 6.58 Å². The van der Waals surface area contributed by atoms with Gasteiger partial charge in [-0.1, -0.05) is 36.9 Å². The van der Waals surface area contributed by atoms with E-state index in [0.29, 0.717) is 6.61 Å². The van der Waals surface area contributed by atoms with Crippen LogP contribution in [0.2, 0.25) is 0 Å². The highest BCUT2D eigenvalue weighted by Crippen LogP contribution is 2.17. The number of ether oxygens (including phenoxy) is 2. The van der Waals surface area contributed by atoms with Gasteiger partial charge in [-0.25, -0.2) is 0 Å². The first-order valence-corrected chi connectivity index (χ1v) is 5.80. The molecule has 0 unspecified atom stereocenters. The lowest BCUT2D eigenvalue weighted by molar-refractivity contribution is 0.305. The number of hydrogen-bond donors (Lipinski definition) is 0. The van der Waals surface area contributed by atoms with E-state index in [4.69, 9.17) is 9.47 Å². The van der Waals surface area contributed by atoms with Crippen LogP contribution in [0.15, 0.2) is 55.1 Å². The Kier molecular flexibility index (Phi) is 4.02. The quantitative estimate of drug-likeness (QED) is 0.788. The van der Waals surface area contributed by atoms with Crippen LogP contribution in [-0.4, -0.2) is 7.11 Å². The van der Waals surface area contributed by atoms with Gasteiger partial charge in [-0.3, -0.25) is 0 Å². The van der Waals surface area contributed by atoms with Crippen molar-refractivity contribution in [2.45, 2.75) is 6.61 Å². The molecule has 0 amide bonds. The van der Waals surface area contributed by atoms with Crippen LogP contribution in [0.25, 0.3) is 6.08 Å². The van der Waals surface area contributed by atoms with Crippen LogP contribution in [0.3, 0.4) is 0 Å². The SMILES string of the molecule is C=Cc1ccc(OCc2cccc(OC)c2)cc1. The summed E-state index contributed by atoms with van der Waals surface area (Å²) in [5.74, 6) is 1.70. The molecule has 18 heavy (non-hydrogen) atoms. The minimum absolute atomic E-state index is 0.532. The van der Waals surface area contributed by atoms with E-state index in [9.17, 15) is 0 Å². The molecule has 0 aliphatic heterocycles. The van der Waals surface area contributed by atoms with Crippen LogP contribution >= 0.6 is 0 Å². The zero-order chi connectivity index (χ0) is 12.8. The van der Waals surface area contributed by atoms with Gasteiger partial charge >= 0.3 is 0 Å². The van der Waals surface area contributed by atoms with Crippen molar-refractivity contribution in [2.24, 2.45) is 0 Å². The van der Waals surface area contributed by atoms with Crippen molar-refractivity contribution in [1.29, 1.82) is 0 Å². The molecule has 2 aromatic carbocycles. The summed E-state index contributed by atoms with van der Waals surface area (Å²) in [7, 11) is 1.66. The lowest BCUT2D eigenvalue weighted by Crippen LogP contribution is -1.95. The second-order valence-corrected chi connectivity index (χ2v) is 3.91. The number of rotatable bonds is 5. The second-order valence-electron chi connectivity index (χ2n) is 3.91. The van der Waals surface area contributed by atoms with Gasteiger partial charge in [-0.2, -0.15) is 0 Å². The largest absolute Gasteiger partial charge is 0.497 e. The highest BCUT2D eigenvalue weighted by atomic mass is 16.5. The minimum Gasteiger partial charge on any atom is -0.497 e. The maximum absolute atomic E-state index is 5.70. The Labute approximate surface area is 107 Å². The van der Waals surface area contributed by atoms with Crippen molar-refractivity contribution in [3.8, 4) is 11.5 Å². The summed E-state index contributed by atoms with van der Waals surface area (Å²) in [5.41, 5.74) is 2.17. The Balaban J connectivity index is 1.99. The van der Waals surface area contributed by atoms with Crippen molar-refractivity contribution in [1.82, 2.24) is 0 Å². The van der Waals surface area contributed by atoms with E-state index < -0.39 is 0 Å². The van der Waals surface area contributed by atoms with E-state index in [-0.39, 0.29) is 0 Å². The van der Waals surface area contributed by atoms with Gasteiger partial charge in [-0.05, 0) is 35.4 Å². The standard InChI is InChI=1S/C16H16O2/c1-3-13-7-9-15(10-8-13)18-12-14-5-4-6-16(11-14)17-2/h3-11H,1,12H2,2H3. The number of methoxy groups -OCH3 is 1. The van der Waals surface area contributed by atoms with Gasteiger partial charge in [0, 0.05) is 0 Å². The molecule has 0 saturated heterocycles. The molecule has 0 bridgehead atoms. The first kappa shape index (κ1) is 12.2. The Hall–Kier alpha value is -2.22. The van der Waals surface area contributed by atoms with Gasteiger partial charge < -0.3 is 9.47 Å². The lowest BCUT2D eigenvalue weighted by atomic mass is 10.2. The summed E-state index contributed by atoms with van der Waals surface area (Å²) in [5, 5.41) is 0.